The Morgan fingerprint density at radius 1 is 1.00 bits per heavy atom. The fourth-order valence-electron chi connectivity index (χ4n) is 1.71. The van der Waals surface area contributed by atoms with Crippen molar-refractivity contribution in [1.82, 2.24) is 15.0 Å². The molecule has 106 valence electrons. The van der Waals surface area contributed by atoms with Gasteiger partial charge in [-0.25, -0.2) is 0 Å². The van der Waals surface area contributed by atoms with Gasteiger partial charge in [-0.2, -0.15) is 15.0 Å². The summed E-state index contributed by atoms with van der Waals surface area (Å²) < 4.78 is 0. The molecule has 20 heavy (non-hydrogen) atoms. The summed E-state index contributed by atoms with van der Waals surface area (Å²) in [7, 11) is 0. The fraction of sp³-hybridized carbons (Fsp3) is 0.308. The van der Waals surface area contributed by atoms with Crippen molar-refractivity contribution in [2.75, 3.05) is 23.3 Å². The molecule has 0 spiro atoms. The molecule has 5 nitrogen and oxygen atoms in total. The van der Waals surface area contributed by atoms with Crippen molar-refractivity contribution in [3.05, 3.63) is 34.6 Å². The minimum atomic E-state index is 0.165. The van der Waals surface area contributed by atoms with Gasteiger partial charge in [-0.05, 0) is 49.7 Å². The number of hydrogen-bond acceptors (Lipinski definition) is 5. The number of nitrogens with zero attached hydrogens (tertiary/aromatic N) is 4. The zero-order valence-corrected chi connectivity index (χ0v) is 12.8. The van der Waals surface area contributed by atoms with Gasteiger partial charge < -0.3 is 10.2 Å². The van der Waals surface area contributed by atoms with Gasteiger partial charge in [0.05, 0.1) is 0 Å². The van der Waals surface area contributed by atoms with Crippen LogP contribution in [0.3, 0.4) is 0 Å². The zero-order chi connectivity index (χ0) is 14.5. The van der Waals surface area contributed by atoms with E-state index in [9.17, 15) is 0 Å². The number of nitrogens with one attached hydrogen (secondary N) is 1. The van der Waals surface area contributed by atoms with Crippen molar-refractivity contribution in [3.8, 4) is 0 Å². The molecule has 7 heteroatoms. The normalized spacial score (nSPS) is 10.4. The molecule has 0 radical (unpaired) electrons. The predicted octanol–water partition coefficient (Wildman–Crippen LogP) is 3.77. The van der Waals surface area contributed by atoms with E-state index in [1.807, 2.05) is 30.9 Å². The molecule has 0 bridgehead atoms. The van der Waals surface area contributed by atoms with Crippen molar-refractivity contribution in [3.63, 3.8) is 0 Å². The van der Waals surface area contributed by atoms with Gasteiger partial charge in [0.15, 0.2) is 0 Å². The highest BCUT2D eigenvalue weighted by molar-refractivity contribution is 6.30. The summed E-state index contributed by atoms with van der Waals surface area (Å²) in [6.07, 6.45) is 0. The first-order chi connectivity index (χ1) is 9.62. The van der Waals surface area contributed by atoms with E-state index in [1.165, 1.54) is 0 Å². The molecule has 0 saturated carbocycles. The van der Waals surface area contributed by atoms with Gasteiger partial charge in [0.1, 0.15) is 0 Å². The lowest BCUT2D eigenvalue weighted by Gasteiger charge is -2.18. The van der Waals surface area contributed by atoms with Crippen LogP contribution >= 0.6 is 23.2 Å². The summed E-state index contributed by atoms with van der Waals surface area (Å²) >= 11 is 11.8. The molecule has 0 amide bonds. The lowest BCUT2D eigenvalue weighted by Crippen LogP contribution is -2.24. The summed E-state index contributed by atoms with van der Waals surface area (Å²) in [5, 5.41) is 3.92. The smallest absolute Gasteiger partial charge is 0.233 e. The fourth-order valence-corrected chi connectivity index (χ4v) is 1.99. The highest BCUT2D eigenvalue weighted by Gasteiger charge is 2.10. The number of aromatic nitrogens is 3. The molecule has 2 aromatic rings. The first-order valence-electron chi connectivity index (χ1n) is 6.31. The quantitative estimate of drug-likeness (QED) is 0.911. The van der Waals surface area contributed by atoms with Gasteiger partial charge in [-0.1, -0.05) is 11.6 Å². The Hall–Kier alpha value is -1.59. The van der Waals surface area contributed by atoms with Gasteiger partial charge in [0, 0.05) is 23.8 Å². The molecule has 0 aliphatic rings. The number of hydrogen-bond donors (Lipinski definition) is 1. The van der Waals surface area contributed by atoms with Crippen LogP contribution in [0.2, 0.25) is 10.3 Å². The Balaban J connectivity index is 2.25. The number of halogens is 2. The van der Waals surface area contributed by atoms with Gasteiger partial charge in [-0.15, -0.1) is 0 Å². The van der Waals surface area contributed by atoms with E-state index in [-0.39, 0.29) is 5.28 Å². The topological polar surface area (TPSA) is 53.9 Å². The zero-order valence-electron chi connectivity index (χ0n) is 11.3. The van der Waals surface area contributed by atoms with Crippen molar-refractivity contribution in [1.29, 1.82) is 0 Å². The minimum Gasteiger partial charge on any atom is -0.341 e. The number of benzene rings is 1. The Morgan fingerprint density at radius 3 is 2.25 bits per heavy atom. The molecule has 0 fully saturated rings. The Morgan fingerprint density at radius 2 is 1.65 bits per heavy atom. The van der Waals surface area contributed by atoms with Crippen LogP contribution in [0.15, 0.2) is 24.3 Å². The van der Waals surface area contributed by atoms with Gasteiger partial charge in [0.25, 0.3) is 0 Å². The third-order valence-electron chi connectivity index (χ3n) is 2.74. The molecule has 1 heterocycles. The molecule has 0 saturated heterocycles. The maximum absolute atomic E-state index is 5.95. The third kappa shape index (κ3) is 3.71. The largest absolute Gasteiger partial charge is 0.341 e. The number of rotatable bonds is 5. The molecule has 0 atom stereocenters. The first-order valence-corrected chi connectivity index (χ1v) is 7.07. The van der Waals surface area contributed by atoms with E-state index in [0.717, 1.165) is 18.8 Å². The molecule has 0 unspecified atom stereocenters. The Bertz CT molecular complexity index is 569. The summed E-state index contributed by atoms with van der Waals surface area (Å²) in [6, 6.07) is 7.27. The van der Waals surface area contributed by atoms with Crippen LogP contribution in [0.25, 0.3) is 0 Å². The van der Waals surface area contributed by atoms with E-state index < -0.39 is 0 Å². The minimum absolute atomic E-state index is 0.165. The van der Waals surface area contributed by atoms with E-state index in [0.29, 0.717) is 16.9 Å². The standard InChI is InChI=1S/C13H15Cl2N5/c1-3-20(4-2)13-18-11(15)17-12(19-13)16-10-7-5-9(14)6-8-10/h5-8H,3-4H2,1-2H3,(H,16,17,18,19). The van der Waals surface area contributed by atoms with E-state index >= 15 is 0 Å². The van der Waals surface area contributed by atoms with Crippen LogP contribution in [0.5, 0.6) is 0 Å². The van der Waals surface area contributed by atoms with Crippen LogP contribution in [0, 0.1) is 0 Å². The molecule has 2 rings (SSSR count). The average Bonchev–Trinajstić information content (AvgIpc) is 2.42. The monoisotopic (exact) mass is 311 g/mol. The maximum atomic E-state index is 5.95. The second-order valence-corrected chi connectivity index (χ2v) is 4.81. The number of anilines is 3. The van der Waals surface area contributed by atoms with Gasteiger partial charge in [0.2, 0.25) is 17.2 Å². The first kappa shape index (κ1) is 14.8. The summed E-state index contributed by atoms with van der Waals surface area (Å²) in [5.74, 6) is 0.973. The van der Waals surface area contributed by atoms with Crippen molar-refractivity contribution < 1.29 is 0 Å². The lowest BCUT2D eigenvalue weighted by molar-refractivity contribution is 0.814. The second-order valence-electron chi connectivity index (χ2n) is 4.03. The lowest BCUT2D eigenvalue weighted by atomic mass is 10.3. The molecular weight excluding hydrogens is 297 g/mol. The SMILES string of the molecule is CCN(CC)c1nc(Cl)nc(Nc2ccc(Cl)cc2)n1. The molecule has 1 N–H and O–H groups in total. The van der Waals surface area contributed by atoms with E-state index in [4.69, 9.17) is 23.2 Å². The van der Waals surface area contributed by atoms with Gasteiger partial charge in [-0.3, -0.25) is 0 Å². The van der Waals surface area contributed by atoms with E-state index in [1.54, 1.807) is 12.1 Å². The summed E-state index contributed by atoms with van der Waals surface area (Å²) in [5.41, 5.74) is 0.835. The maximum Gasteiger partial charge on any atom is 0.233 e. The summed E-state index contributed by atoms with van der Waals surface area (Å²) in [4.78, 5) is 14.6. The van der Waals surface area contributed by atoms with Crippen molar-refractivity contribution >= 4 is 40.8 Å². The van der Waals surface area contributed by atoms with Crippen LogP contribution in [0.1, 0.15) is 13.8 Å². The molecule has 1 aromatic carbocycles. The van der Waals surface area contributed by atoms with Crippen LogP contribution < -0.4 is 10.2 Å². The second kappa shape index (κ2) is 6.72. The predicted molar refractivity (Wildman–Crippen MR) is 83.1 cm³/mol. The highest BCUT2D eigenvalue weighted by Crippen LogP contribution is 2.19. The average molecular weight is 312 g/mol. The Labute approximate surface area is 128 Å². The Kier molecular flexibility index (Phi) is 4.98. The van der Waals surface area contributed by atoms with Crippen molar-refractivity contribution in [2.45, 2.75) is 13.8 Å². The molecule has 1 aromatic heterocycles. The van der Waals surface area contributed by atoms with Crippen LogP contribution in [-0.4, -0.2) is 28.0 Å². The summed E-state index contributed by atoms with van der Waals surface area (Å²) in [6.45, 7) is 5.68. The molecule has 0 aliphatic carbocycles. The van der Waals surface area contributed by atoms with Crippen molar-refractivity contribution in [2.24, 2.45) is 0 Å². The molecular formula is C13H15Cl2N5. The van der Waals surface area contributed by atoms with Gasteiger partial charge >= 0.3 is 0 Å². The van der Waals surface area contributed by atoms with Crippen LogP contribution in [-0.2, 0) is 0 Å². The third-order valence-corrected chi connectivity index (χ3v) is 3.16. The van der Waals surface area contributed by atoms with Crippen LogP contribution in [0.4, 0.5) is 17.6 Å². The molecule has 0 aliphatic heterocycles. The highest BCUT2D eigenvalue weighted by atomic mass is 35.5. The van der Waals surface area contributed by atoms with E-state index in [2.05, 4.69) is 20.3 Å².